The highest BCUT2D eigenvalue weighted by atomic mass is 32.2. The van der Waals surface area contributed by atoms with Gasteiger partial charge in [-0.25, -0.2) is 17.8 Å². The van der Waals surface area contributed by atoms with Crippen molar-refractivity contribution in [2.75, 3.05) is 7.05 Å². The minimum absolute atomic E-state index is 0.0306. The summed E-state index contributed by atoms with van der Waals surface area (Å²) in [7, 11) is -2.38. The van der Waals surface area contributed by atoms with Gasteiger partial charge in [0.25, 0.3) is 0 Å². The maximum atomic E-state index is 12.8. The predicted octanol–water partition coefficient (Wildman–Crippen LogP) is 3.74. The fraction of sp³-hybridized carbons (Fsp3) is 0.278. The first kappa shape index (κ1) is 20.2. The lowest BCUT2D eigenvalue weighted by Gasteiger charge is -2.08. The van der Waals surface area contributed by atoms with Crippen molar-refractivity contribution < 1.29 is 26.3 Å². The van der Waals surface area contributed by atoms with Crippen LogP contribution < -0.4 is 9.46 Å². The predicted molar refractivity (Wildman–Crippen MR) is 98.1 cm³/mol. The minimum Gasteiger partial charge on any atom is -0.473 e. The normalized spacial score (nSPS) is 12.7. The summed E-state index contributed by atoms with van der Waals surface area (Å²) >= 11 is 0. The molecule has 0 unspecified atom stereocenters. The monoisotopic (exact) mass is 413 g/mol. The van der Waals surface area contributed by atoms with Crippen LogP contribution >= 0.6 is 0 Å². The quantitative estimate of drug-likeness (QED) is 0.692. The molecule has 1 aromatic heterocycles. The Morgan fingerprint density at radius 1 is 1.11 bits per heavy atom. The molecule has 1 heterocycles. The van der Waals surface area contributed by atoms with E-state index in [9.17, 15) is 21.6 Å². The first-order valence-electron chi connectivity index (χ1n) is 8.33. The Hall–Kier alpha value is -2.59. The van der Waals surface area contributed by atoms with Crippen molar-refractivity contribution in [3.05, 3.63) is 48.0 Å². The van der Waals surface area contributed by atoms with E-state index in [1.54, 1.807) is 13.8 Å². The van der Waals surface area contributed by atoms with Gasteiger partial charge in [-0.15, -0.1) is 5.10 Å². The van der Waals surface area contributed by atoms with Crippen molar-refractivity contribution >= 4 is 20.9 Å². The number of nitrogens with one attached hydrogen (secondary N) is 1. The Morgan fingerprint density at radius 2 is 1.75 bits per heavy atom. The topological polar surface area (TPSA) is 73.2 Å². The standard InChI is InChI=1S/C18H18F3N3O3S/c1-11(2)27-17-15-10-14(28(25,26)22-3)8-9-16(15)24(23-17)13-6-4-12(5-7-13)18(19,20)21/h4-11,22H,1-3H3. The first-order chi connectivity index (χ1) is 13.0. The Morgan fingerprint density at radius 3 is 2.29 bits per heavy atom. The van der Waals surface area contributed by atoms with E-state index in [0.29, 0.717) is 16.6 Å². The Balaban J connectivity index is 2.18. The van der Waals surface area contributed by atoms with Gasteiger partial charge in [-0.05, 0) is 63.4 Å². The Labute approximate surface area is 160 Å². The number of sulfonamides is 1. The number of hydrogen-bond acceptors (Lipinski definition) is 4. The lowest BCUT2D eigenvalue weighted by atomic mass is 10.2. The number of hydrogen-bond donors (Lipinski definition) is 1. The van der Waals surface area contributed by atoms with Crippen LogP contribution in [-0.4, -0.2) is 31.3 Å². The molecule has 1 N–H and O–H groups in total. The zero-order valence-corrected chi connectivity index (χ0v) is 16.1. The third-order valence-corrected chi connectivity index (χ3v) is 5.39. The highest BCUT2D eigenvalue weighted by Crippen LogP contribution is 2.33. The van der Waals surface area contributed by atoms with Crippen LogP contribution in [0.25, 0.3) is 16.6 Å². The molecule has 150 valence electrons. The molecule has 3 rings (SSSR count). The number of aromatic nitrogens is 2. The van der Waals surface area contributed by atoms with E-state index in [1.165, 1.54) is 42.1 Å². The maximum Gasteiger partial charge on any atom is 0.416 e. The van der Waals surface area contributed by atoms with Crippen molar-refractivity contribution in [1.29, 1.82) is 0 Å². The van der Waals surface area contributed by atoms with Gasteiger partial charge in [0.2, 0.25) is 15.9 Å². The van der Waals surface area contributed by atoms with Crippen LogP contribution in [0.15, 0.2) is 47.4 Å². The number of halogens is 3. The van der Waals surface area contributed by atoms with Gasteiger partial charge in [-0.3, -0.25) is 0 Å². The third kappa shape index (κ3) is 3.83. The second-order valence-electron chi connectivity index (χ2n) is 6.31. The molecular weight excluding hydrogens is 395 g/mol. The third-order valence-electron chi connectivity index (χ3n) is 3.98. The summed E-state index contributed by atoms with van der Waals surface area (Å²) in [5.41, 5.74) is 0.125. The van der Waals surface area contributed by atoms with E-state index in [2.05, 4.69) is 9.82 Å². The fourth-order valence-electron chi connectivity index (χ4n) is 2.65. The molecule has 2 aromatic carbocycles. The number of ether oxygens (including phenoxy) is 1. The Bertz CT molecular complexity index is 1100. The molecule has 0 saturated heterocycles. The SMILES string of the molecule is CNS(=O)(=O)c1ccc2c(c1)c(OC(C)C)nn2-c1ccc(C(F)(F)F)cc1. The van der Waals surface area contributed by atoms with Gasteiger partial charge in [0.1, 0.15) is 0 Å². The largest absolute Gasteiger partial charge is 0.473 e. The molecule has 0 fully saturated rings. The number of alkyl halides is 3. The lowest BCUT2D eigenvalue weighted by Crippen LogP contribution is -2.18. The molecule has 0 aliphatic rings. The van der Waals surface area contributed by atoms with Crippen molar-refractivity contribution in [3.63, 3.8) is 0 Å². The van der Waals surface area contributed by atoms with Crippen molar-refractivity contribution in [2.24, 2.45) is 0 Å². The number of rotatable bonds is 5. The molecule has 0 amide bonds. The Kier molecular flexibility index (Phi) is 5.11. The van der Waals surface area contributed by atoms with Crippen LogP contribution in [-0.2, 0) is 16.2 Å². The van der Waals surface area contributed by atoms with Gasteiger partial charge < -0.3 is 4.74 Å². The van der Waals surface area contributed by atoms with Crippen molar-refractivity contribution in [2.45, 2.75) is 31.0 Å². The zero-order valence-electron chi connectivity index (χ0n) is 15.3. The van der Waals surface area contributed by atoms with Gasteiger partial charge >= 0.3 is 6.18 Å². The average molecular weight is 413 g/mol. The lowest BCUT2D eigenvalue weighted by molar-refractivity contribution is -0.137. The number of nitrogens with zero attached hydrogens (tertiary/aromatic N) is 2. The summed E-state index contributed by atoms with van der Waals surface area (Å²) in [4.78, 5) is 0.0306. The zero-order chi connectivity index (χ0) is 20.7. The molecule has 0 spiro atoms. The van der Waals surface area contributed by atoms with E-state index in [4.69, 9.17) is 4.74 Å². The highest BCUT2D eigenvalue weighted by Gasteiger charge is 2.30. The summed E-state index contributed by atoms with van der Waals surface area (Å²) < 4.78 is 72.0. The van der Waals surface area contributed by atoms with Crippen LogP contribution in [0.1, 0.15) is 19.4 Å². The first-order valence-corrected chi connectivity index (χ1v) is 9.82. The minimum atomic E-state index is -4.44. The summed E-state index contributed by atoms with van der Waals surface area (Å²) in [5, 5.41) is 4.77. The molecular formula is C18H18F3N3O3S. The van der Waals surface area contributed by atoms with Crippen LogP contribution in [0.2, 0.25) is 0 Å². The second-order valence-corrected chi connectivity index (χ2v) is 8.20. The number of benzene rings is 2. The van der Waals surface area contributed by atoms with Crippen LogP contribution in [0.4, 0.5) is 13.2 Å². The molecule has 3 aromatic rings. The van der Waals surface area contributed by atoms with Crippen LogP contribution in [0.5, 0.6) is 5.88 Å². The van der Waals surface area contributed by atoms with Crippen LogP contribution in [0, 0.1) is 0 Å². The van der Waals surface area contributed by atoms with Crippen molar-refractivity contribution in [3.8, 4) is 11.6 Å². The summed E-state index contributed by atoms with van der Waals surface area (Å²) in [6.45, 7) is 3.58. The van der Waals surface area contributed by atoms with Crippen molar-refractivity contribution in [1.82, 2.24) is 14.5 Å². The van der Waals surface area contributed by atoms with E-state index >= 15 is 0 Å². The summed E-state index contributed by atoms with van der Waals surface area (Å²) in [5.74, 6) is 0.193. The van der Waals surface area contributed by atoms with E-state index < -0.39 is 21.8 Å². The average Bonchev–Trinajstić information content (AvgIpc) is 2.98. The second kappa shape index (κ2) is 7.10. The smallest absolute Gasteiger partial charge is 0.416 e. The van der Waals surface area contributed by atoms with Gasteiger partial charge in [0, 0.05) is 0 Å². The molecule has 0 radical (unpaired) electrons. The molecule has 0 atom stereocenters. The van der Waals surface area contributed by atoms with Gasteiger partial charge in [0.15, 0.2) is 0 Å². The van der Waals surface area contributed by atoms with E-state index in [-0.39, 0.29) is 16.9 Å². The van der Waals surface area contributed by atoms with Gasteiger partial charge in [-0.1, -0.05) is 0 Å². The van der Waals surface area contributed by atoms with E-state index in [0.717, 1.165) is 12.1 Å². The molecule has 0 saturated carbocycles. The molecule has 0 bridgehead atoms. The van der Waals surface area contributed by atoms with Crippen LogP contribution in [0.3, 0.4) is 0 Å². The van der Waals surface area contributed by atoms with E-state index in [1.807, 2.05) is 0 Å². The molecule has 6 nitrogen and oxygen atoms in total. The summed E-state index contributed by atoms with van der Waals surface area (Å²) in [6, 6.07) is 8.89. The van der Waals surface area contributed by atoms with Gasteiger partial charge in [-0.2, -0.15) is 13.2 Å². The summed E-state index contributed by atoms with van der Waals surface area (Å²) in [6.07, 6.45) is -4.67. The molecule has 28 heavy (non-hydrogen) atoms. The number of fused-ring (bicyclic) bond motifs is 1. The molecule has 10 heteroatoms. The molecule has 0 aliphatic carbocycles. The molecule has 0 aliphatic heterocycles. The van der Waals surface area contributed by atoms with Gasteiger partial charge in [0.05, 0.1) is 33.2 Å². The maximum absolute atomic E-state index is 12.8. The highest BCUT2D eigenvalue weighted by molar-refractivity contribution is 7.89. The fourth-order valence-corrected chi connectivity index (χ4v) is 3.41.